The van der Waals surface area contributed by atoms with Gasteiger partial charge in [-0.2, -0.15) is 5.26 Å². The first kappa shape index (κ1) is 13.9. The van der Waals surface area contributed by atoms with E-state index in [1.54, 1.807) is 13.8 Å². The first-order valence-electron chi connectivity index (χ1n) is 5.35. The van der Waals surface area contributed by atoms with Gasteiger partial charge in [0, 0.05) is 19.0 Å². The van der Waals surface area contributed by atoms with Crippen molar-refractivity contribution in [2.75, 3.05) is 6.54 Å². The van der Waals surface area contributed by atoms with Crippen molar-refractivity contribution in [2.45, 2.75) is 46.1 Å². The Hall–Kier alpha value is -1.08. The second-order valence-electron chi connectivity index (χ2n) is 4.53. The minimum atomic E-state index is -0.509. The molecule has 0 fully saturated rings. The highest BCUT2D eigenvalue weighted by atomic mass is 16.1. The maximum atomic E-state index is 11.4. The van der Waals surface area contributed by atoms with Crippen LogP contribution in [0, 0.1) is 16.7 Å². The summed E-state index contributed by atoms with van der Waals surface area (Å²) in [5.41, 5.74) is 5.22. The van der Waals surface area contributed by atoms with Gasteiger partial charge in [-0.15, -0.1) is 0 Å². The van der Waals surface area contributed by atoms with Crippen LogP contribution in [0.3, 0.4) is 0 Å². The maximum absolute atomic E-state index is 11.4. The lowest BCUT2D eigenvalue weighted by molar-refractivity contribution is -0.121. The summed E-state index contributed by atoms with van der Waals surface area (Å²) in [6, 6.07) is 2.06. The Balaban J connectivity index is 3.81. The van der Waals surface area contributed by atoms with Crippen LogP contribution in [0.4, 0.5) is 0 Å². The molecular weight excluding hydrogens is 190 g/mol. The van der Waals surface area contributed by atoms with Crippen molar-refractivity contribution in [3.8, 4) is 6.07 Å². The third kappa shape index (κ3) is 6.92. The standard InChI is InChI=1S/C11H21N3O/c1-4-5-9(13)6-10(15)14-8-11(2,3)7-12/h9H,4-6,8,13H2,1-3H3,(H,14,15). The Kier molecular flexibility index (Phi) is 5.95. The van der Waals surface area contributed by atoms with Crippen LogP contribution in [-0.4, -0.2) is 18.5 Å². The molecule has 0 spiro atoms. The highest BCUT2D eigenvalue weighted by molar-refractivity contribution is 5.76. The number of nitriles is 1. The monoisotopic (exact) mass is 211 g/mol. The molecule has 1 atom stereocenters. The molecule has 0 radical (unpaired) electrons. The van der Waals surface area contributed by atoms with Crippen LogP contribution in [0.15, 0.2) is 0 Å². The van der Waals surface area contributed by atoms with E-state index in [0.29, 0.717) is 13.0 Å². The Labute approximate surface area is 91.8 Å². The molecule has 0 aromatic carbocycles. The van der Waals surface area contributed by atoms with Gasteiger partial charge in [0.1, 0.15) is 0 Å². The van der Waals surface area contributed by atoms with Crippen molar-refractivity contribution >= 4 is 5.91 Å². The molecule has 1 amide bonds. The van der Waals surface area contributed by atoms with Gasteiger partial charge >= 0.3 is 0 Å². The minimum Gasteiger partial charge on any atom is -0.354 e. The third-order valence-electron chi connectivity index (χ3n) is 2.14. The molecule has 0 heterocycles. The molecule has 0 bridgehead atoms. The van der Waals surface area contributed by atoms with Crippen LogP contribution < -0.4 is 11.1 Å². The average Bonchev–Trinajstić information content (AvgIpc) is 2.15. The van der Waals surface area contributed by atoms with Gasteiger partial charge in [0.2, 0.25) is 5.91 Å². The van der Waals surface area contributed by atoms with Crippen molar-refractivity contribution < 1.29 is 4.79 Å². The van der Waals surface area contributed by atoms with Crippen LogP contribution in [-0.2, 0) is 4.79 Å². The first-order chi connectivity index (χ1) is 6.91. The fraction of sp³-hybridized carbons (Fsp3) is 0.818. The van der Waals surface area contributed by atoms with Gasteiger partial charge in [0.05, 0.1) is 11.5 Å². The molecule has 0 rings (SSSR count). The lowest BCUT2D eigenvalue weighted by Gasteiger charge is -2.17. The molecule has 0 aliphatic rings. The van der Waals surface area contributed by atoms with Crippen molar-refractivity contribution in [1.82, 2.24) is 5.32 Å². The highest BCUT2D eigenvalue weighted by Crippen LogP contribution is 2.10. The number of carbonyl (C=O) groups excluding carboxylic acids is 1. The Morgan fingerprint density at radius 1 is 1.60 bits per heavy atom. The molecule has 86 valence electrons. The lowest BCUT2D eigenvalue weighted by atomic mass is 9.96. The van der Waals surface area contributed by atoms with E-state index in [1.165, 1.54) is 0 Å². The predicted octanol–water partition coefficient (Wildman–Crippen LogP) is 1.17. The van der Waals surface area contributed by atoms with Crippen LogP contribution >= 0.6 is 0 Å². The molecule has 0 saturated heterocycles. The van der Waals surface area contributed by atoms with Gasteiger partial charge in [-0.05, 0) is 20.3 Å². The van der Waals surface area contributed by atoms with Gasteiger partial charge in [-0.25, -0.2) is 0 Å². The molecule has 0 aromatic rings. The lowest BCUT2D eigenvalue weighted by Crippen LogP contribution is -2.36. The van der Waals surface area contributed by atoms with E-state index in [1.807, 2.05) is 6.92 Å². The van der Waals surface area contributed by atoms with Crippen molar-refractivity contribution in [2.24, 2.45) is 11.1 Å². The SMILES string of the molecule is CCCC(N)CC(=O)NCC(C)(C)C#N. The van der Waals surface area contributed by atoms with Crippen molar-refractivity contribution in [3.63, 3.8) is 0 Å². The summed E-state index contributed by atoms with van der Waals surface area (Å²) in [6.45, 7) is 6.00. The first-order valence-corrected chi connectivity index (χ1v) is 5.35. The molecular formula is C11H21N3O. The topological polar surface area (TPSA) is 78.9 Å². The summed E-state index contributed by atoms with van der Waals surface area (Å²) in [5.74, 6) is -0.0701. The minimum absolute atomic E-state index is 0.0693. The van der Waals surface area contributed by atoms with Crippen LogP contribution in [0.2, 0.25) is 0 Å². The molecule has 3 N–H and O–H groups in total. The molecule has 0 saturated carbocycles. The summed E-state index contributed by atoms with van der Waals surface area (Å²) >= 11 is 0. The summed E-state index contributed by atoms with van der Waals surface area (Å²) < 4.78 is 0. The smallest absolute Gasteiger partial charge is 0.221 e. The molecule has 0 aliphatic heterocycles. The summed E-state index contributed by atoms with van der Waals surface area (Å²) in [6.07, 6.45) is 2.18. The van der Waals surface area contributed by atoms with E-state index < -0.39 is 5.41 Å². The molecule has 4 nitrogen and oxygen atoms in total. The van der Waals surface area contributed by atoms with Crippen molar-refractivity contribution in [1.29, 1.82) is 5.26 Å². The molecule has 15 heavy (non-hydrogen) atoms. The van der Waals surface area contributed by atoms with E-state index in [-0.39, 0.29) is 11.9 Å². The van der Waals surface area contributed by atoms with E-state index in [9.17, 15) is 4.79 Å². The van der Waals surface area contributed by atoms with E-state index in [0.717, 1.165) is 12.8 Å². The van der Waals surface area contributed by atoms with Gasteiger partial charge in [0.15, 0.2) is 0 Å². The largest absolute Gasteiger partial charge is 0.354 e. The van der Waals surface area contributed by atoms with Gasteiger partial charge in [-0.1, -0.05) is 13.3 Å². The number of nitrogens with zero attached hydrogens (tertiary/aromatic N) is 1. The van der Waals surface area contributed by atoms with Crippen LogP contribution in [0.1, 0.15) is 40.0 Å². The van der Waals surface area contributed by atoms with Gasteiger partial charge in [0.25, 0.3) is 0 Å². The Morgan fingerprint density at radius 3 is 2.67 bits per heavy atom. The Bertz CT molecular complexity index is 243. The fourth-order valence-corrected chi connectivity index (χ4v) is 1.14. The third-order valence-corrected chi connectivity index (χ3v) is 2.14. The zero-order valence-corrected chi connectivity index (χ0v) is 9.84. The van der Waals surface area contributed by atoms with E-state index >= 15 is 0 Å². The molecule has 4 heteroatoms. The van der Waals surface area contributed by atoms with E-state index in [2.05, 4.69) is 11.4 Å². The zero-order valence-electron chi connectivity index (χ0n) is 9.84. The Morgan fingerprint density at radius 2 is 2.20 bits per heavy atom. The van der Waals surface area contributed by atoms with Gasteiger partial charge in [-0.3, -0.25) is 4.79 Å². The maximum Gasteiger partial charge on any atom is 0.221 e. The summed E-state index contributed by atoms with van der Waals surface area (Å²) in [4.78, 5) is 11.4. The van der Waals surface area contributed by atoms with Crippen molar-refractivity contribution in [3.05, 3.63) is 0 Å². The van der Waals surface area contributed by atoms with Crippen LogP contribution in [0.5, 0.6) is 0 Å². The number of carbonyl (C=O) groups is 1. The predicted molar refractivity (Wildman–Crippen MR) is 59.9 cm³/mol. The van der Waals surface area contributed by atoms with Crippen LogP contribution in [0.25, 0.3) is 0 Å². The number of hydrogen-bond acceptors (Lipinski definition) is 3. The summed E-state index contributed by atoms with van der Waals surface area (Å²) in [7, 11) is 0. The molecule has 0 aliphatic carbocycles. The average molecular weight is 211 g/mol. The second-order valence-corrected chi connectivity index (χ2v) is 4.53. The molecule has 1 unspecified atom stereocenters. The normalized spacial score (nSPS) is 13.0. The van der Waals surface area contributed by atoms with Gasteiger partial charge < -0.3 is 11.1 Å². The number of rotatable bonds is 6. The summed E-state index contributed by atoms with van der Waals surface area (Å²) in [5, 5.41) is 11.5. The quantitative estimate of drug-likeness (QED) is 0.692. The second kappa shape index (κ2) is 6.41. The number of nitrogens with two attached hydrogens (primary N) is 1. The highest BCUT2D eigenvalue weighted by Gasteiger charge is 2.18. The molecule has 0 aromatic heterocycles. The fourth-order valence-electron chi connectivity index (χ4n) is 1.14. The number of hydrogen-bond donors (Lipinski definition) is 2. The van der Waals surface area contributed by atoms with E-state index in [4.69, 9.17) is 11.0 Å². The zero-order chi connectivity index (χ0) is 11.9. The number of nitrogens with one attached hydrogen (secondary N) is 1. The number of amides is 1.